The molecule has 250 valence electrons. The van der Waals surface area contributed by atoms with Gasteiger partial charge < -0.3 is 31.3 Å². The number of rotatable bonds is 8. The minimum Gasteiger partial charge on any atom is -1.00 e. The molecule has 0 bridgehead atoms. The molecular weight excluding hydrogens is 756 g/mol. The van der Waals surface area contributed by atoms with Gasteiger partial charge in [-0.05, 0) is 57.2 Å². The van der Waals surface area contributed by atoms with Crippen molar-refractivity contribution in [1.29, 1.82) is 0 Å². The second-order valence-electron chi connectivity index (χ2n) is 7.51. The Hall–Kier alpha value is -1.16. The number of ether oxygens (including phenoxy) is 2. The van der Waals surface area contributed by atoms with Crippen molar-refractivity contribution in [2.45, 2.75) is 20.8 Å². The third kappa shape index (κ3) is 25.5. The van der Waals surface area contributed by atoms with Gasteiger partial charge in [-0.15, -0.1) is 0 Å². The van der Waals surface area contributed by atoms with E-state index in [9.17, 15) is 26.3 Å². The van der Waals surface area contributed by atoms with Crippen LogP contribution in [0.25, 0.3) is 0 Å². The van der Waals surface area contributed by atoms with Gasteiger partial charge >= 0.3 is 103 Å². The predicted molar refractivity (Wildman–Crippen MR) is 160 cm³/mol. The van der Waals surface area contributed by atoms with Crippen LogP contribution in [0.2, 0.25) is 0 Å². The minimum atomic E-state index is -1.29. The number of halogens is 7. The summed E-state index contributed by atoms with van der Waals surface area (Å²) in [7, 11) is 0. The Labute approximate surface area is 364 Å². The normalized spacial score (nSPS) is 9.51. The molecule has 0 radical (unpaired) electrons. The van der Waals surface area contributed by atoms with Crippen molar-refractivity contribution in [1.82, 2.24) is 0 Å². The van der Waals surface area contributed by atoms with Crippen LogP contribution in [0.4, 0.5) is 26.3 Å². The van der Waals surface area contributed by atoms with E-state index in [-0.39, 0.29) is 135 Å². The first-order valence-corrected chi connectivity index (χ1v) is 13.7. The molecule has 0 amide bonds. The molecule has 0 saturated heterocycles. The molecule has 47 heavy (non-hydrogen) atoms. The quantitative estimate of drug-likeness (QED) is 0.0682. The first-order chi connectivity index (χ1) is 21.5. The molecular formula is C31H33BrF6K2O7. The molecule has 16 heteroatoms. The van der Waals surface area contributed by atoms with Gasteiger partial charge in [0.1, 0.15) is 13.2 Å². The number of alkyl halides is 1. The summed E-state index contributed by atoms with van der Waals surface area (Å²) in [5.74, 6) is -8.16. The van der Waals surface area contributed by atoms with E-state index in [1.165, 1.54) is 24.3 Å². The fourth-order valence-electron chi connectivity index (χ4n) is 2.28. The van der Waals surface area contributed by atoms with Crippen LogP contribution in [0.15, 0.2) is 85.0 Å². The maximum absolute atomic E-state index is 13.0. The molecule has 0 fully saturated rings. The molecule has 0 aliphatic carbocycles. The molecule has 0 aliphatic rings. The van der Waals surface area contributed by atoms with Gasteiger partial charge in [-0.1, -0.05) is 64.5 Å². The summed E-state index contributed by atoms with van der Waals surface area (Å²) in [6.07, 6.45) is 10.9. The third-order valence-corrected chi connectivity index (χ3v) is 4.75. The van der Waals surface area contributed by atoms with Gasteiger partial charge in [0.25, 0.3) is 6.47 Å². The van der Waals surface area contributed by atoms with Crippen LogP contribution >= 0.6 is 15.9 Å². The van der Waals surface area contributed by atoms with E-state index in [0.717, 1.165) is 29.6 Å². The van der Waals surface area contributed by atoms with Crippen molar-refractivity contribution in [2.24, 2.45) is 0 Å². The molecule has 0 heterocycles. The van der Waals surface area contributed by atoms with E-state index in [0.29, 0.717) is 0 Å². The van der Waals surface area contributed by atoms with Crippen molar-refractivity contribution < 1.29 is 165 Å². The van der Waals surface area contributed by atoms with Crippen molar-refractivity contribution in [3.63, 3.8) is 0 Å². The summed E-state index contributed by atoms with van der Waals surface area (Å²) in [5.41, 5.74) is 0. The zero-order valence-electron chi connectivity index (χ0n) is 27.4. The van der Waals surface area contributed by atoms with Gasteiger partial charge in [0.05, 0.1) is 0 Å². The number of aromatic hydroxyl groups is 2. The van der Waals surface area contributed by atoms with Crippen LogP contribution in [-0.2, 0) is 9.68 Å². The van der Waals surface area contributed by atoms with Gasteiger partial charge in [-0.2, -0.15) is 17.6 Å². The van der Waals surface area contributed by atoms with Crippen molar-refractivity contribution in [3.05, 3.63) is 120 Å². The molecule has 0 atom stereocenters. The average Bonchev–Trinajstić information content (AvgIpc) is 3.03. The van der Waals surface area contributed by atoms with Crippen LogP contribution in [-0.4, -0.2) is 35.2 Å². The first kappa shape index (κ1) is 52.7. The number of carbonyl (C=O) groups excluding carboxylic acids is 1. The van der Waals surface area contributed by atoms with Crippen molar-refractivity contribution in [2.75, 3.05) is 18.5 Å². The Morgan fingerprint density at radius 3 is 1.49 bits per heavy atom. The number of hydrogen-bond acceptors (Lipinski definition) is 7. The summed E-state index contributed by atoms with van der Waals surface area (Å²) in [6.45, 7) is 5.85. The van der Waals surface area contributed by atoms with Gasteiger partial charge in [0, 0.05) is 5.33 Å². The van der Waals surface area contributed by atoms with E-state index in [2.05, 4.69) is 20.8 Å². The monoisotopic (exact) mass is 788 g/mol. The fourth-order valence-corrected chi connectivity index (χ4v) is 2.65. The molecule has 7 nitrogen and oxygen atoms in total. The number of allylic oxidation sites excluding steroid dienone is 4. The zero-order valence-corrected chi connectivity index (χ0v) is 34.2. The van der Waals surface area contributed by atoms with Crippen LogP contribution in [0.3, 0.4) is 0 Å². The Kier molecular flexibility index (Phi) is 38.9. The maximum atomic E-state index is 13.0. The maximum Gasteiger partial charge on any atom is 1.00 e. The van der Waals surface area contributed by atoms with Gasteiger partial charge in [0.2, 0.25) is 17.5 Å². The predicted octanol–water partition coefficient (Wildman–Crippen LogP) is 1.73. The van der Waals surface area contributed by atoms with Crippen LogP contribution < -0.4 is 118 Å². The van der Waals surface area contributed by atoms with Crippen LogP contribution in [0.5, 0.6) is 23.0 Å². The molecule has 0 spiro atoms. The third-order valence-electron chi connectivity index (χ3n) is 4.38. The fraction of sp³-hybridized carbons (Fsp3) is 0.194. The first-order valence-electron chi connectivity index (χ1n) is 12.6. The molecule has 0 aliphatic heterocycles. The Bertz CT molecular complexity index is 1340. The van der Waals surface area contributed by atoms with Gasteiger partial charge in [-0.25, -0.2) is 8.78 Å². The van der Waals surface area contributed by atoms with Gasteiger partial charge in [0.15, 0.2) is 40.4 Å². The summed E-state index contributed by atoms with van der Waals surface area (Å²) >= 11 is 3.22. The SMILES string of the molecule is C/C=C/CBr.C/C=C/COc1ccc(O)c(F)c1F.C/C=C/COc1cccc(F)c1F.O=CO[O-].Oc1cccc(F)c1F.[H-].[K+].[K+]. The van der Waals surface area contributed by atoms with E-state index in [4.69, 9.17) is 29.7 Å². The Morgan fingerprint density at radius 2 is 1.11 bits per heavy atom. The molecule has 3 aromatic carbocycles. The summed E-state index contributed by atoms with van der Waals surface area (Å²) in [4.78, 5) is 11.2. The van der Waals surface area contributed by atoms with E-state index in [1.54, 1.807) is 31.2 Å². The number of phenols is 2. The van der Waals surface area contributed by atoms with Crippen molar-refractivity contribution in [3.8, 4) is 23.0 Å². The molecule has 2 N–H and O–H groups in total. The minimum absolute atomic E-state index is 0. The number of phenolic OH excluding ortho intramolecular Hbond substituents is 2. The molecule has 3 rings (SSSR count). The molecule has 3 aromatic rings. The molecule has 0 aromatic heterocycles. The largest absolute Gasteiger partial charge is 1.00 e. The van der Waals surface area contributed by atoms with Crippen LogP contribution in [0.1, 0.15) is 22.2 Å². The summed E-state index contributed by atoms with van der Waals surface area (Å²) in [5, 5.41) is 26.7. The molecule has 0 unspecified atom stereocenters. The van der Waals surface area contributed by atoms with E-state index < -0.39 is 46.4 Å². The molecule has 0 saturated carbocycles. The smallest absolute Gasteiger partial charge is 1.00 e. The number of carbonyl (C=O) groups is 1. The zero-order chi connectivity index (χ0) is 34.6. The summed E-state index contributed by atoms with van der Waals surface area (Å²) in [6, 6.07) is 9.32. The number of hydrogen-bond donors (Lipinski definition) is 2. The second kappa shape index (κ2) is 34.7. The van der Waals surface area contributed by atoms with Crippen LogP contribution in [0, 0.1) is 34.9 Å². The Balaban J connectivity index is -0.000000168. The average molecular weight is 790 g/mol. The standard InChI is InChI=1S/C10H10F2O2.C10H10F2O.C6H4F2O.C4H7Br.CH2O3.2K.H/c1-2-3-6-14-8-5-4-7(13)9(11)10(8)12;1-2-3-7-13-9-6-4-5-8(11)10(9)12;7-4-2-1-3-5(9)6(4)8;1-2-3-4-5;2-1-4-3;;;/h2-5,13H,6H2,1H3;2-6H,7H2,1H3;1-3,9H;2-3H,4H2,1H3;1,3H;;;/q;;;;;2*+1;-1/p-1/b2*3-2+;;3-2+;;;;. The topological polar surface area (TPSA) is 108 Å². The Morgan fingerprint density at radius 1 is 0.681 bits per heavy atom. The van der Waals surface area contributed by atoms with Gasteiger partial charge in [-0.3, -0.25) is 4.79 Å². The number of benzene rings is 3. The second-order valence-corrected chi connectivity index (χ2v) is 8.16. The van der Waals surface area contributed by atoms with E-state index >= 15 is 0 Å². The summed E-state index contributed by atoms with van der Waals surface area (Å²) < 4.78 is 85.3. The van der Waals surface area contributed by atoms with Crippen molar-refractivity contribution >= 4 is 22.4 Å². The van der Waals surface area contributed by atoms with E-state index in [1.807, 2.05) is 26.0 Å².